The molecule has 0 amide bonds. The van der Waals surface area contributed by atoms with Gasteiger partial charge in [0, 0.05) is 39.2 Å². The maximum atomic E-state index is 7.75. The Morgan fingerprint density at radius 3 is 1.45 bits per heavy atom. The lowest BCUT2D eigenvalue weighted by Gasteiger charge is -2.47. The Balaban J connectivity index is 1.21. The fourth-order valence-corrected chi connectivity index (χ4v) is 14.3. The van der Waals surface area contributed by atoms with Crippen LogP contribution in [0.15, 0.2) is 114 Å². The van der Waals surface area contributed by atoms with Gasteiger partial charge in [-0.15, -0.1) is 0 Å². The zero-order chi connectivity index (χ0) is 52.0. The predicted octanol–water partition coefficient (Wildman–Crippen LogP) is 17.2. The SMILES string of the molecule is CC(C)(C)c1cc2c3c(c1)N(c1ccc(C(C)(C)c4ccccc4)cc1)c1c(oc4cc5c(cc14)C(C)(C)CCC5(C)C)B3c1cc3c(cc1N2c1ccc2c(c1)C(C)(C)CCC2(C)C)C(C)(C)CCC3(C)C. The van der Waals surface area contributed by atoms with E-state index in [2.05, 4.69) is 237 Å². The standard InChI is InChI=1S/C69H81BN2O/c1-62(2,3)44-35-56-59-57(36-44)72(45-25-23-43(24-26-45)69(16,17)42-21-19-18-20-22-42)60-47-38-50-53(68(14,15)34-31-65(50,8)9)41-58(47)73-61(60)70(59)54-39-51-52(67(12,13)33-32-66(51,10)11)40-55(54)71(56)46-27-28-48-49(37-46)64(6,7)30-29-63(48,4)5/h18-28,35-41H,29-34H2,1-17H3. The normalized spacial score (nSPS) is 20.4. The minimum Gasteiger partial charge on any atom is -0.468 e. The molecule has 0 saturated carbocycles. The average Bonchev–Trinajstić information content (AvgIpc) is 3.71. The molecule has 7 aromatic rings. The van der Waals surface area contributed by atoms with Crippen LogP contribution in [0.1, 0.15) is 206 Å². The van der Waals surface area contributed by atoms with Gasteiger partial charge in [-0.2, -0.15) is 0 Å². The van der Waals surface area contributed by atoms with Crippen LogP contribution in [-0.2, 0) is 43.3 Å². The fraction of sp³-hybridized carbons (Fsp3) is 0.449. The van der Waals surface area contributed by atoms with Crippen molar-refractivity contribution in [2.24, 2.45) is 0 Å². The number of furan rings is 1. The van der Waals surface area contributed by atoms with Gasteiger partial charge >= 0.3 is 0 Å². The van der Waals surface area contributed by atoms with Crippen molar-refractivity contribution < 1.29 is 4.42 Å². The summed E-state index contributed by atoms with van der Waals surface area (Å²) in [5.74, 6) is 0. The first-order chi connectivity index (χ1) is 34.0. The Bertz CT molecular complexity index is 3420. The van der Waals surface area contributed by atoms with Crippen molar-refractivity contribution >= 4 is 68.4 Å². The van der Waals surface area contributed by atoms with Crippen LogP contribution in [0.3, 0.4) is 0 Å². The van der Waals surface area contributed by atoms with Gasteiger partial charge in [-0.05, 0) is 192 Å². The van der Waals surface area contributed by atoms with Gasteiger partial charge in [-0.25, -0.2) is 0 Å². The highest BCUT2D eigenvalue weighted by atomic mass is 16.3. The van der Waals surface area contributed by atoms with Crippen LogP contribution in [-0.4, -0.2) is 6.71 Å². The van der Waals surface area contributed by atoms with Crippen LogP contribution in [0, 0.1) is 0 Å². The number of anilines is 6. The second-order valence-electron chi connectivity index (χ2n) is 29.0. The molecule has 0 bridgehead atoms. The fourth-order valence-electron chi connectivity index (χ4n) is 14.3. The van der Waals surface area contributed by atoms with Crippen molar-refractivity contribution in [3.8, 4) is 0 Å². The molecule has 5 aliphatic rings. The highest BCUT2D eigenvalue weighted by molar-refractivity contribution is 7.00. The van der Waals surface area contributed by atoms with E-state index in [1.165, 1.54) is 108 Å². The average molecular weight is 965 g/mol. The summed E-state index contributed by atoms with van der Waals surface area (Å²) in [6.45, 7) is 41.4. The molecule has 0 saturated heterocycles. The first kappa shape index (κ1) is 48.5. The molecule has 6 aromatic carbocycles. The number of nitrogens with zero attached hydrogens (tertiary/aromatic N) is 2. The Morgan fingerprint density at radius 1 is 0.425 bits per heavy atom. The van der Waals surface area contributed by atoms with Gasteiger partial charge in [0.2, 0.25) is 0 Å². The molecule has 376 valence electrons. The second kappa shape index (κ2) is 15.3. The van der Waals surface area contributed by atoms with E-state index < -0.39 is 0 Å². The smallest absolute Gasteiger partial charge is 0.297 e. The van der Waals surface area contributed by atoms with E-state index in [4.69, 9.17) is 4.42 Å². The largest absolute Gasteiger partial charge is 0.468 e. The lowest BCUT2D eigenvalue weighted by molar-refractivity contribution is 0.332. The van der Waals surface area contributed by atoms with Crippen LogP contribution >= 0.6 is 0 Å². The number of rotatable bonds is 4. The van der Waals surface area contributed by atoms with E-state index in [9.17, 15) is 0 Å². The Hall–Kier alpha value is -5.48. The summed E-state index contributed by atoms with van der Waals surface area (Å²) in [7, 11) is 0. The number of fused-ring (bicyclic) bond motifs is 9. The first-order valence-corrected chi connectivity index (χ1v) is 27.9. The summed E-state index contributed by atoms with van der Waals surface area (Å²) in [5, 5.41) is 1.21. The molecule has 73 heavy (non-hydrogen) atoms. The van der Waals surface area contributed by atoms with Gasteiger partial charge in [0.1, 0.15) is 5.58 Å². The molecule has 3 aliphatic carbocycles. The van der Waals surface area contributed by atoms with Gasteiger partial charge in [-0.1, -0.05) is 172 Å². The zero-order valence-corrected chi connectivity index (χ0v) is 47.5. The van der Waals surface area contributed by atoms with Crippen molar-refractivity contribution in [2.45, 2.75) is 200 Å². The molecule has 0 unspecified atom stereocenters. The molecule has 0 N–H and O–H groups in total. The summed E-state index contributed by atoms with van der Waals surface area (Å²) < 4.78 is 7.75. The lowest BCUT2D eigenvalue weighted by Crippen LogP contribution is -2.61. The highest BCUT2D eigenvalue weighted by Gasteiger charge is 2.51. The van der Waals surface area contributed by atoms with E-state index >= 15 is 0 Å². The monoisotopic (exact) mass is 965 g/mol. The molecule has 2 aliphatic heterocycles. The first-order valence-electron chi connectivity index (χ1n) is 27.9. The van der Waals surface area contributed by atoms with Crippen molar-refractivity contribution in [3.05, 3.63) is 159 Å². The molecule has 3 nitrogen and oxygen atoms in total. The summed E-state index contributed by atoms with van der Waals surface area (Å²) in [5.41, 5.74) is 24.9. The Kier molecular flexibility index (Phi) is 10.2. The summed E-state index contributed by atoms with van der Waals surface area (Å²) in [6, 6.07) is 43.6. The maximum absolute atomic E-state index is 7.75. The molecule has 4 heteroatoms. The summed E-state index contributed by atoms with van der Waals surface area (Å²) in [4.78, 5) is 5.34. The summed E-state index contributed by atoms with van der Waals surface area (Å²) >= 11 is 0. The van der Waals surface area contributed by atoms with Crippen LogP contribution < -0.4 is 26.4 Å². The van der Waals surface area contributed by atoms with Crippen molar-refractivity contribution in [1.29, 1.82) is 0 Å². The third kappa shape index (κ3) is 7.17. The van der Waals surface area contributed by atoms with Gasteiger partial charge in [-0.3, -0.25) is 0 Å². The van der Waals surface area contributed by atoms with Crippen LogP contribution in [0.2, 0.25) is 0 Å². The van der Waals surface area contributed by atoms with Crippen LogP contribution in [0.5, 0.6) is 0 Å². The predicted molar refractivity (Wildman–Crippen MR) is 313 cm³/mol. The molecule has 0 fully saturated rings. The van der Waals surface area contributed by atoms with E-state index in [-0.39, 0.29) is 50.0 Å². The third-order valence-corrected chi connectivity index (χ3v) is 19.9. The maximum Gasteiger partial charge on any atom is 0.297 e. The van der Waals surface area contributed by atoms with Gasteiger partial charge in [0.05, 0.1) is 11.3 Å². The van der Waals surface area contributed by atoms with Gasteiger partial charge < -0.3 is 14.2 Å². The van der Waals surface area contributed by atoms with Crippen molar-refractivity contribution in [3.63, 3.8) is 0 Å². The second-order valence-corrected chi connectivity index (χ2v) is 29.0. The number of hydrogen-bond donors (Lipinski definition) is 0. The zero-order valence-electron chi connectivity index (χ0n) is 47.5. The molecule has 1 aromatic heterocycles. The van der Waals surface area contributed by atoms with E-state index in [0.29, 0.717) is 0 Å². The van der Waals surface area contributed by atoms with E-state index in [1.807, 2.05) is 0 Å². The summed E-state index contributed by atoms with van der Waals surface area (Å²) in [6.07, 6.45) is 6.99. The molecule has 3 heterocycles. The molecular formula is C69H81BN2O. The molecule has 0 spiro atoms. The topological polar surface area (TPSA) is 19.6 Å². The lowest BCUT2D eigenvalue weighted by atomic mass is 9.35. The third-order valence-electron chi connectivity index (χ3n) is 19.9. The minimum atomic E-state index is -0.173. The van der Waals surface area contributed by atoms with Crippen molar-refractivity contribution in [1.82, 2.24) is 0 Å². The molecule has 0 atom stereocenters. The minimum absolute atomic E-state index is 0.0221. The van der Waals surface area contributed by atoms with E-state index in [1.54, 1.807) is 0 Å². The number of hydrogen-bond acceptors (Lipinski definition) is 3. The number of benzene rings is 6. The van der Waals surface area contributed by atoms with Crippen molar-refractivity contribution in [2.75, 3.05) is 9.80 Å². The van der Waals surface area contributed by atoms with Crippen LogP contribution in [0.4, 0.5) is 34.1 Å². The van der Waals surface area contributed by atoms with Gasteiger partial charge in [0.25, 0.3) is 6.71 Å². The molecule has 0 radical (unpaired) electrons. The Labute approximate surface area is 439 Å². The Morgan fingerprint density at radius 2 is 0.890 bits per heavy atom. The van der Waals surface area contributed by atoms with Crippen LogP contribution in [0.25, 0.3) is 11.0 Å². The molecular weight excluding hydrogens is 884 g/mol. The van der Waals surface area contributed by atoms with Gasteiger partial charge in [0.15, 0.2) is 0 Å². The highest BCUT2D eigenvalue weighted by Crippen LogP contribution is 2.55. The molecule has 12 rings (SSSR count). The quantitative estimate of drug-likeness (QED) is 0.164. The van der Waals surface area contributed by atoms with E-state index in [0.717, 1.165) is 42.6 Å².